The van der Waals surface area contributed by atoms with Gasteiger partial charge >= 0.3 is 0 Å². The maximum absolute atomic E-state index is 3.56. The van der Waals surface area contributed by atoms with Crippen LogP contribution in [0, 0.1) is 17.8 Å². The molecular formula is C16H33N. The minimum Gasteiger partial charge on any atom is -0.314 e. The molecule has 0 spiro atoms. The van der Waals surface area contributed by atoms with Crippen LogP contribution >= 0.6 is 0 Å². The van der Waals surface area contributed by atoms with Crippen LogP contribution in [0.1, 0.15) is 72.6 Å². The number of hydrogen-bond acceptors (Lipinski definition) is 1. The molecular weight excluding hydrogens is 206 g/mol. The van der Waals surface area contributed by atoms with Crippen molar-refractivity contribution >= 4 is 0 Å². The van der Waals surface area contributed by atoms with E-state index in [-0.39, 0.29) is 0 Å². The predicted molar refractivity (Wildman–Crippen MR) is 77.3 cm³/mol. The van der Waals surface area contributed by atoms with Gasteiger partial charge in [-0.15, -0.1) is 0 Å². The number of rotatable bonds is 7. The molecule has 2 unspecified atom stereocenters. The molecule has 1 rings (SSSR count). The van der Waals surface area contributed by atoms with Crippen molar-refractivity contribution in [2.24, 2.45) is 17.8 Å². The Kier molecular flexibility index (Phi) is 7.18. The van der Waals surface area contributed by atoms with Crippen molar-refractivity contribution in [3.05, 3.63) is 0 Å². The van der Waals surface area contributed by atoms with E-state index in [0.717, 1.165) is 17.8 Å². The lowest BCUT2D eigenvalue weighted by Crippen LogP contribution is -2.30. The molecule has 1 saturated carbocycles. The molecule has 0 aromatic carbocycles. The average molecular weight is 239 g/mol. The summed E-state index contributed by atoms with van der Waals surface area (Å²) >= 11 is 0. The zero-order valence-electron chi connectivity index (χ0n) is 12.5. The first kappa shape index (κ1) is 15.0. The summed E-state index contributed by atoms with van der Waals surface area (Å²) in [5, 5.41) is 3.56. The maximum atomic E-state index is 3.56. The predicted octanol–water partition coefficient (Wildman–Crippen LogP) is 4.62. The molecule has 0 heterocycles. The van der Waals surface area contributed by atoms with Crippen LogP contribution in [0.5, 0.6) is 0 Å². The molecule has 1 aliphatic rings. The van der Waals surface area contributed by atoms with E-state index >= 15 is 0 Å². The highest BCUT2D eigenvalue weighted by molar-refractivity contribution is 4.71. The summed E-state index contributed by atoms with van der Waals surface area (Å²) in [5.41, 5.74) is 0. The fourth-order valence-corrected chi connectivity index (χ4v) is 2.88. The van der Waals surface area contributed by atoms with Crippen molar-refractivity contribution < 1.29 is 0 Å². The quantitative estimate of drug-likeness (QED) is 0.683. The zero-order valence-corrected chi connectivity index (χ0v) is 12.5. The van der Waals surface area contributed by atoms with Crippen molar-refractivity contribution in [1.29, 1.82) is 0 Å². The summed E-state index contributed by atoms with van der Waals surface area (Å²) in [5.74, 6) is 2.75. The van der Waals surface area contributed by atoms with Gasteiger partial charge in [0, 0.05) is 6.04 Å². The van der Waals surface area contributed by atoms with Gasteiger partial charge in [-0.05, 0) is 24.3 Å². The third kappa shape index (κ3) is 6.45. The Morgan fingerprint density at radius 2 is 1.59 bits per heavy atom. The first-order valence-electron chi connectivity index (χ1n) is 7.83. The molecule has 1 nitrogen and oxygen atoms in total. The zero-order chi connectivity index (χ0) is 12.7. The van der Waals surface area contributed by atoms with Gasteiger partial charge in [0.1, 0.15) is 0 Å². The first-order chi connectivity index (χ1) is 8.09. The van der Waals surface area contributed by atoms with Crippen molar-refractivity contribution in [2.45, 2.75) is 78.7 Å². The van der Waals surface area contributed by atoms with Crippen molar-refractivity contribution in [3.63, 3.8) is 0 Å². The van der Waals surface area contributed by atoms with Crippen LogP contribution in [-0.4, -0.2) is 12.6 Å². The molecule has 2 atom stereocenters. The third-order valence-electron chi connectivity index (χ3n) is 4.57. The molecule has 17 heavy (non-hydrogen) atoms. The van der Waals surface area contributed by atoms with Gasteiger partial charge in [-0.2, -0.15) is 0 Å². The van der Waals surface area contributed by atoms with E-state index in [2.05, 4.69) is 33.0 Å². The van der Waals surface area contributed by atoms with Crippen molar-refractivity contribution in [1.82, 2.24) is 5.32 Å². The van der Waals surface area contributed by atoms with Gasteiger partial charge < -0.3 is 5.32 Å². The Bertz CT molecular complexity index is 182. The molecule has 0 amide bonds. The van der Waals surface area contributed by atoms with Gasteiger partial charge in [0.2, 0.25) is 0 Å². The molecule has 1 N–H and O–H groups in total. The van der Waals surface area contributed by atoms with Gasteiger partial charge in [0.05, 0.1) is 0 Å². The fourth-order valence-electron chi connectivity index (χ4n) is 2.88. The molecule has 1 heteroatoms. The van der Waals surface area contributed by atoms with Crippen LogP contribution in [0.15, 0.2) is 0 Å². The molecule has 0 aliphatic heterocycles. The second-order valence-electron chi connectivity index (χ2n) is 6.60. The van der Waals surface area contributed by atoms with Crippen LogP contribution in [0.25, 0.3) is 0 Å². The summed E-state index contributed by atoms with van der Waals surface area (Å²) in [4.78, 5) is 0. The van der Waals surface area contributed by atoms with Crippen LogP contribution in [0.4, 0.5) is 0 Å². The van der Waals surface area contributed by atoms with Crippen LogP contribution in [0.3, 0.4) is 0 Å². The Morgan fingerprint density at radius 1 is 0.941 bits per heavy atom. The standard InChI is InChI=1S/C16H33N/c1-13(2)17-12-15(4)14(3)10-11-16-8-6-5-7-9-16/h13-17H,5-12H2,1-4H3. The third-order valence-corrected chi connectivity index (χ3v) is 4.57. The normalized spacial score (nSPS) is 21.7. The molecule has 102 valence electrons. The molecule has 1 aliphatic carbocycles. The minimum atomic E-state index is 0.628. The van der Waals surface area contributed by atoms with E-state index in [1.807, 2.05) is 0 Å². The smallest absolute Gasteiger partial charge is 0.00104 e. The van der Waals surface area contributed by atoms with E-state index in [1.165, 1.54) is 51.5 Å². The summed E-state index contributed by atoms with van der Waals surface area (Å²) in [6.07, 6.45) is 10.4. The topological polar surface area (TPSA) is 12.0 Å². The van der Waals surface area contributed by atoms with Gasteiger partial charge in [0.15, 0.2) is 0 Å². The van der Waals surface area contributed by atoms with Gasteiger partial charge in [-0.3, -0.25) is 0 Å². The van der Waals surface area contributed by atoms with Gasteiger partial charge in [-0.25, -0.2) is 0 Å². The molecule has 0 aromatic heterocycles. The van der Waals surface area contributed by atoms with E-state index in [0.29, 0.717) is 6.04 Å². The monoisotopic (exact) mass is 239 g/mol. The summed E-state index contributed by atoms with van der Waals surface area (Å²) in [7, 11) is 0. The van der Waals surface area contributed by atoms with Crippen molar-refractivity contribution in [2.75, 3.05) is 6.54 Å². The van der Waals surface area contributed by atoms with Gasteiger partial charge in [0.25, 0.3) is 0 Å². The largest absolute Gasteiger partial charge is 0.314 e. The average Bonchev–Trinajstić information content (AvgIpc) is 2.34. The Hall–Kier alpha value is -0.0400. The maximum Gasteiger partial charge on any atom is 0.00104 e. The highest BCUT2D eigenvalue weighted by atomic mass is 14.9. The lowest BCUT2D eigenvalue weighted by molar-refractivity contribution is 0.274. The SMILES string of the molecule is CC(C)NCC(C)C(C)CCC1CCCCC1. The molecule has 0 bridgehead atoms. The highest BCUT2D eigenvalue weighted by Crippen LogP contribution is 2.29. The van der Waals surface area contributed by atoms with E-state index in [9.17, 15) is 0 Å². The minimum absolute atomic E-state index is 0.628. The van der Waals surface area contributed by atoms with Gasteiger partial charge in [-0.1, -0.05) is 72.6 Å². The molecule has 0 radical (unpaired) electrons. The van der Waals surface area contributed by atoms with Crippen LogP contribution < -0.4 is 5.32 Å². The summed E-state index contributed by atoms with van der Waals surface area (Å²) < 4.78 is 0. The molecule has 0 saturated heterocycles. The molecule has 1 fully saturated rings. The Morgan fingerprint density at radius 3 is 2.18 bits per heavy atom. The van der Waals surface area contributed by atoms with Crippen LogP contribution in [-0.2, 0) is 0 Å². The van der Waals surface area contributed by atoms with E-state index in [1.54, 1.807) is 0 Å². The fraction of sp³-hybridized carbons (Fsp3) is 1.00. The van der Waals surface area contributed by atoms with E-state index < -0.39 is 0 Å². The second kappa shape index (κ2) is 8.13. The van der Waals surface area contributed by atoms with E-state index in [4.69, 9.17) is 0 Å². The lowest BCUT2D eigenvalue weighted by Gasteiger charge is -2.26. The summed E-state index contributed by atoms with van der Waals surface area (Å²) in [6, 6.07) is 0.628. The molecule has 0 aromatic rings. The lowest BCUT2D eigenvalue weighted by atomic mass is 9.82. The Labute approximate surface area is 109 Å². The Balaban J connectivity index is 2.12. The first-order valence-corrected chi connectivity index (χ1v) is 7.83. The second-order valence-corrected chi connectivity index (χ2v) is 6.60. The number of hydrogen-bond donors (Lipinski definition) is 1. The van der Waals surface area contributed by atoms with Crippen LogP contribution in [0.2, 0.25) is 0 Å². The van der Waals surface area contributed by atoms with Crippen molar-refractivity contribution in [3.8, 4) is 0 Å². The number of nitrogens with one attached hydrogen (secondary N) is 1. The highest BCUT2D eigenvalue weighted by Gasteiger charge is 2.17. The summed E-state index contributed by atoms with van der Waals surface area (Å²) in [6.45, 7) is 10.5.